The number of nitrogens with one attached hydrogen (secondary N) is 1. The molecular weight excluding hydrogens is 577 g/mol. The van der Waals surface area contributed by atoms with Crippen LogP contribution in [-0.4, -0.2) is 40.2 Å². The Morgan fingerprint density at radius 1 is 1.29 bits per heavy atom. The van der Waals surface area contributed by atoms with Gasteiger partial charge in [0.1, 0.15) is 12.0 Å². The first-order valence-corrected chi connectivity index (χ1v) is 13.9. The number of fused-ring (bicyclic) bond motifs is 2. The van der Waals surface area contributed by atoms with Crippen molar-refractivity contribution in [2.45, 2.75) is 52.2 Å². The number of anilines is 1. The van der Waals surface area contributed by atoms with E-state index in [1.807, 2.05) is 26.0 Å². The fourth-order valence-electron chi connectivity index (χ4n) is 4.30. The molecule has 1 atom stereocenters. The van der Waals surface area contributed by atoms with Crippen molar-refractivity contribution < 1.29 is 17.2 Å². The van der Waals surface area contributed by atoms with Crippen molar-refractivity contribution in [3.8, 4) is 0 Å². The summed E-state index contributed by atoms with van der Waals surface area (Å²) in [5.41, 5.74) is 9.09. The van der Waals surface area contributed by atoms with E-state index >= 15 is 0 Å². The molecule has 0 spiro atoms. The summed E-state index contributed by atoms with van der Waals surface area (Å²) in [5, 5.41) is 0. The highest BCUT2D eigenvalue weighted by Crippen LogP contribution is 2.37. The van der Waals surface area contributed by atoms with Crippen molar-refractivity contribution in [3.63, 3.8) is 0 Å². The predicted molar refractivity (Wildman–Crippen MR) is 135 cm³/mol. The lowest BCUT2D eigenvalue weighted by Crippen LogP contribution is -2.30. The number of nitrogens with two attached hydrogens (primary N) is 1. The number of imidazole rings is 1. The molecule has 1 aliphatic rings. The third-order valence-electron chi connectivity index (χ3n) is 5.77. The minimum absolute atomic E-state index is 0.0167. The topological polar surface area (TPSA) is 116 Å². The van der Waals surface area contributed by atoms with Crippen LogP contribution in [0, 0.1) is 15.6 Å². The summed E-state index contributed by atoms with van der Waals surface area (Å²) in [7, 11) is -3.37. The zero-order valence-electron chi connectivity index (χ0n) is 19.0. The van der Waals surface area contributed by atoms with Crippen molar-refractivity contribution in [2.75, 3.05) is 18.0 Å². The fraction of sp³-hybridized carbons (Fsp3) is 0.500. The van der Waals surface area contributed by atoms with E-state index in [0.29, 0.717) is 37.2 Å². The molecular formula is C22H27F2IN6O2S. The average molecular weight is 604 g/mol. The average Bonchev–Trinajstić information content (AvgIpc) is 3.25. The van der Waals surface area contributed by atoms with Gasteiger partial charge in [-0.25, -0.2) is 22.5 Å². The number of benzene rings is 1. The number of alkyl halides is 1. The number of sulfonamides is 1. The van der Waals surface area contributed by atoms with Gasteiger partial charge in [-0.05, 0) is 70.5 Å². The highest BCUT2D eigenvalue weighted by molar-refractivity contribution is 14.1. The number of aryl methyl sites for hydroxylation is 2. The van der Waals surface area contributed by atoms with Crippen LogP contribution in [0.1, 0.15) is 55.4 Å². The summed E-state index contributed by atoms with van der Waals surface area (Å²) in [5.74, 6) is 0.585. The molecule has 0 amide bonds. The van der Waals surface area contributed by atoms with Crippen LogP contribution in [0.4, 0.5) is 14.6 Å². The second kappa shape index (κ2) is 9.97. The molecule has 1 unspecified atom stereocenters. The van der Waals surface area contributed by atoms with Crippen LogP contribution in [0.3, 0.4) is 0 Å². The number of hydrogen-bond donors (Lipinski definition) is 2. The molecule has 4 rings (SSSR count). The first-order chi connectivity index (χ1) is 16.0. The Morgan fingerprint density at radius 3 is 2.79 bits per heavy atom. The van der Waals surface area contributed by atoms with E-state index in [-0.39, 0.29) is 35.2 Å². The summed E-state index contributed by atoms with van der Waals surface area (Å²) in [6.45, 7) is 4.25. The fourth-order valence-corrected chi connectivity index (χ4v) is 6.48. The Morgan fingerprint density at radius 2 is 2.06 bits per heavy atom. The summed E-state index contributed by atoms with van der Waals surface area (Å²) < 4.78 is 57.9. The van der Waals surface area contributed by atoms with E-state index in [0.717, 1.165) is 21.1 Å². The first kappa shape index (κ1) is 25.2. The van der Waals surface area contributed by atoms with Crippen molar-refractivity contribution >= 4 is 49.6 Å². The molecule has 2 heterocycles. The van der Waals surface area contributed by atoms with Gasteiger partial charge in [-0.3, -0.25) is 0 Å². The molecule has 0 fully saturated rings. The number of halogens is 3. The van der Waals surface area contributed by atoms with E-state index < -0.39 is 22.3 Å². The molecule has 2 aromatic heterocycles. The van der Waals surface area contributed by atoms with Gasteiger partial charge in [0.15, 0.2) is 17.0 Å². The van der Waals surface area contributed by atoms with Gasteiger partial charge in [0, 0.05) is 23.1 Å². The number of nitrogen functional groups attached to an aromatic ring is 1. The molecule has 3 N–H and O–H groups in total. The molecule has 0 saturated carbocycles. The monoisotopic (exact) mass is 604 g/mol. The second-order valence-electron chi connectivity index (χ2n) is 8.98. The van der Waals surface area contributed by atoms with Gasteiger partial charge in [-0.1, -0.05) is 19.9 Å². The molecule has 3 aromatic rings. The van der Waals surface area contributed by atoms with Crippen molar-refractivity contribution in [3.05, 3.63) is 44.3 Å². The van der Waals surface area contributed by atoms with Gasteiger partial charge in [0.25, 0.3) is 0 Å². The molecule has 34 heavy (non-hydrogen) atoms. The summed E-state index contributed by atoms with van der Waals surface area (Å²) >= 11 is 2.23. The number of nitrogens with zero attached hydrogens (tertiary/aromatic N) is 4. The van der Waals surface area contributed by atoms with Crippen LogP contribution in [0.15, 0.2) is 12.1 Å². The minimum Gasteiger partial charge on any atom is -0.382 e. The lowest BCUT2D eigenvalue weighted by molar-refractivity contribution is 0.343. The van der Waals surface area contributed by atoms with Crippen molar-refractivity contribution in [2.24, 2.45) is 5.92 Å². The first-order valence-electron chi connectivity index (χ1n) is 11.1. The van der Waals surface area contributed by atoms with Gasteiger partial charge >= 0.3 is 6.08 Å². The molecule has 12 heteroatoms. The molecule has 8 nitrogen and oxygen atoms in total. The third kappa shape index (κ3) is 5.48. The number of hydrogen-bond acceptors (Lipinski definition) is 6. The molecule has 184 valence electrons. The molecule has 0 aliphatic heterocycles. The standard InChI is InChI=1S/C22H27F2IN6O2S/c1-12(2)11-34(32,33)27-6-3-7-31-18(28-19-20(26)29-22(24)30-21(19)31)10-14-8-15-13(9-17(14)25)4-5-16(15)23/h8-9,12,16,27H,3-7,10-11H2,1-2H3,(H2,26,29,30). The van der Waals surface area contributed by atoms with Crippen molar-refractivity contribution in [1.82, 2.24) is 24.2 Å². The van der Waals surface area contributed by atoms with Crippen LogP contribution in [0.5, 0.6) is 0 Å². The zero-order chi connectivity index (χ0) is 24.6. The SMILES string of the molecule is CC(C)CS(=O)(=O)NCCCn1c(Cc2cc3c(cc2I)CCC3F)nc2c(N)nc(F)nc21. The molecule has 0 saturated heterocycles. The Balaban J connectivity index is 1.62. The van der Waals surface area contributed by atoms with Crippen LogP contribution < -0.4 is 10.5 Å². The highest BCUT2D eigenvalue weighted by atomic mass is 127. The van der Waals surface area contributed by atoms with Crippen LogP contribution >= 0.6 is 22.6 Å². The summed E-state index contributed by atoms with van der Waals surface area (Å²) in [6.07, 6.45) is 0.0977. The van der Waals surface area contributed by atoms with E-state index in [1.54, 1.807) is 4.57 Å². The quantitative estimate of drug-likeness (QED) is 0.219. The Hall–Kier alpha value is -1.93. The van der Waals surface area contributed by atoms with Gasteiger partial charge in [-0.15, -0.1) is 0 Å². The summed E-state index contributed by atoms with van der Waals surface area (Å²) in [4.78, 5) is 12.1. The highest BCUT2D eigenvalue weighted by Gasteiger charge is 2.24. The van der Waals surface area contributed by atoms with Crippen LogP contribution in [0.25, 0.3) is 11.2 Å². The van der Waals surface area contributed by atoms with Crippen molar-refractivity contribution in [1.29, 1.82) is 0 Å². The molecule has 1 aliphatic carbocycles. The van der Waals surface area contributed by atoms with E-state index in [1.165, 1.54) is 0 Å². The van der Waals surface area contributed by atoms with Crippen LogP contribution in [-0.2, 0) is 29.4 Å². The van der Waals surface area contributed by atoms with Crippen LogP contribution in [0.2, 0.25) is 0 Å². The maximum absolute atomic E-state index is 14.3. The number of rotatable bonds is 9. The Labute approximate surface area is 211 Å². The maximum Gasteiger partial charge on any atom is 0.312 e. The zero-order valence-corrected chi connectivity index (χ0v) is 22.0. The van der Waals surface area contributed by atoms with Gasteiger partial charge in [-0.2, -0.15) is 14.4 Å². The van der Waals surface area contributed by atoms with E-state index in [4.69, 9.17) is 5.73 Å². The Bertz CT molecular complexity index is 1330. The number of aromatic nitrogens is 4. The lowest BCUT2D eigenvalue weighted by atomic mass is 10.0. The van der Waals surface area contributed by atoms with Gasteiger partial charge in [0.05, 0.1) is 5.75 Å². The van der Waals surface area contributed by atoms with E-state index in [9.17, 15) is 17.2 Å². The maximum atomic E-state index is 14.3. The second-order valence-corrected chi connectivity index (χ2v) is 12.0. The van der Waals surface area contributed by atoms with E-state index in [2.05, 4.69) is 42.3 Å². The van der Waals surface area contributed by atoms with Gasteiger partial charge < -0.3 is 10.3 Å². The third-order valence-corrected chi connectivity index (χ3v) is 8.52. The molecule has 1 aromatic carbocycles. The normalized spacial score (nSPS) is 16.0. The Kier molecular flexibility index (Phi) is 7.38. The van der Waals surface area contributed by atoms with Gasteiger partial charge in [0.2, 0.25) is 10.0 Å². The molecule has 0 radical (unpaired) electrons. The largest absolute Gasteiger partial charge is 0.382 e. The molecule has 0 bridgehead atoms. The lowest BCUT2D eigenvalue weighted by Gasteiger charge is -2.13. The predicted octanol–water partition coefficient (Wildman–Crippen LogP) is 3.67. The summed E-state index contributed by atoms with van der Waals surface area (Å²) in [6, 6.07) is 3.89. The smallest absolute Gasteiger partial charge is 0.312 e. The minimum atomic E-state index is -3.37.